The molecule has 9 nitrogen and oxygen atoms in total. The highest BCUT2D eigenvalue weighted by molar-refractivity contribution is 6.36. The molecule has 206 valence electrons. The summed E-state index contributed by atoms with van der Waals surface area (Å²) < 4.78 is 2.18. The van der Waals surface area contributed by atoms with Crippen molar-refractivity contribution in [3.05, 3.63) is 41.2 Å². The molecule has 4 heterocycles. The summed E-state index contributed by atoms with van der Waals surface area (Å²) in [7, 11) is 0. The lowest BCUT2D eigenvalue weighted by Crippen LogP contribution is -2.66. The number of H-pyrrole nitrogens is 1. The van der Waals surface area contributed by atoms with Crippen LogP contribution in [0.2, 0.25) is 5.02 Å². The maximum atomic E-state index is 12.3. The molecule has 2 amide bonds. The molecule has 0 unspecified atom stereocenters. The first-order valence-electron chi connectivity index (χ1n) is 13.9. The first-order valence-corrected chi connectivity index (χ1v) is 14.3. The van der Waals surface area contributed by atoms with E-state index in [1.165, 1.54) is 6.08 Å². The molecule has 0 bridgehead atoms. The summed E-state index contributed by atoms with van der Waals surface area (Å²) in [5.74, 6) is 1.05. The Labute approximate surface area is 233 Å². The number of amides is 2. The van der Waals surface area contributed by atoms with Gasteiger partial charge in [-0.1, -0.05) is 18.2 Å². The third kappa shape index (κ3) is 4.13. The number of aromatic amines is 1. The molecule has 39 heavy (non-hydrogen) atoms. The second-order valence-electron chi connectivity index (χ2n) is 11.4. The van der Waals surface area contributed by atoms with Crippen molar-refractivity contribution in [2.45, 2.75) is 64.5 Å². The zero-order chi connectivity index (χ0) is 27.5. The molecule has 1 N–H and O–H groups in total. The third-order valence-electron chi connectivity index (χ3n) is 9.18. The minimum atomic E-state index is -0.115. The van der Waals surface area contributed by atoms with E-state index in [2.05, 4.69) is 33.3 Å². The molecular weight excluding hydrogens is 514 g/mol. The standard InChI is InChI=1S/C29H36ClN7O2/c1-5-24(39)34-11-7-21(8-12-34)37-19(3)25(26-22-16-31-32-23(22)15-18(2)27(26)30)28(33-37)36-14-13-35(20(4)38)17-29(36)9-6-10-29/h5,15-16,21H,1,6-14,17H2,2-4H3,(H,31,32). The predicted octanol–water partition coefficient (Wildman–Crippen LogP) is 4.64. The number of halogens is 1. The van der Waals surface area contributed by atoms with Gasteiger partial charge in [0.05, 0.1) is 28.3 Å². The number of aromatic nitrogens is 4. The monoisotopic (exact) mass is 549 g/mol. The maximum absolute atomic E-state index is 12.3. The van der Waals surface area contributed by atoms with Gasteiger partial charge in [-0.2, -0.15) is 10.2 Å². The van der Waals surface area contributed by atoms with Gasteiger partial charge in [0, 0.05) is 61.9 Å². The number of hydrogen-bond acceptors (Lipinski definition) is 5. The van der Waals surface area contributed by atoms with Crippen molar-refractivity contribution in [1.82, 2.24) is 29.8 Å². The van der Waals surface area contributed by atoms with Crippen LogP contribution in [0.25, 0.3) is 22.0 Å². The van der Waals surface area contributed by atoms with Crippen LogP contribution >= 0.6 is 11.6 Å². The van der Waals surface area contributed by atoms with E-state index in [-0.39, 0.29) is 23.4 Å². The average Bonchev–Trinajstić information content (AvgIpc) is 3.51. The van der Waals surface area contributed by atoms with Crippen molar-refractivity contribution < 1.29 is 9.59 Å². The fourth-order valence-corrected chi connectivity index (χ4v) is 7.09. The Morgan fingerprint density at radius 2 is 1.87 bits per heavy atom. The number of aryl methyl sites for hydroxylation is 1. The van der Waals surface area contributed by atoms with Gasteiger partial charge in [-0.15, -0.1) is 0 Å². The molecular formula is C29H36ClN7O2. The number of benzene rings is 1. The molecule has 0 atom stereocenters. The summed E-state index contributed by atoms with van der Waals surface area (Å²) in [6.45, 7) is 13.0. The summed E-state index contributed by atoms with van der Waals surface area (Å²) in [5.41, 5.74) is 4.88. The molecule has 3 aromatic rings. The molecule has 2 aliphatic heterocycles. The number of fused-ring (bicyclic) bond motifs is 1. The summed E-state index contributed by atoms with van der Waals surface area (Å²) >= 11 is 7.09. The van der Waals surface area contributed by atoms with Crippen LogP contribution in [0.5, 0.6) is 0 Å². The van der Waals surface area contributed by atoms with Gasteiger partial charge in [0.15, 0.2) is 5.82 Å². The van der Waals surface area contributed by atoms with E-state index in [0.29, 0.717) is 24.7 Å². The van der Waals surface area contributed by atoms with Crippen LogP contribution in [0.3, 0.4) is 0 Å². The SMILES string of the molecule is C=CC(=O)N1CCC(n2nc(N3CCN(C(C)=O)CC34CCC4)c(-c3c(Cl)c(C)cc4[nH]ncc34)c2C)CC1. The summed E-state index contributed by atoms with van der Waals surface area (Å²) in [5, 5.41) is 14.5. The van der Waals surface area contributed by atoms with E-state index in [1.807, 2.05) is 29.0 Å². The van der Waals surface area contributed by atoms with Crippen molar-refractivity contribution in [2.24, 2.45) is 0 Å². The van der Waals surface area contributed by atoms with Crippen LogP contribution < -0.4 is 4.90 Å². The van der Waals surface area contributed by atoms with Crippen molar-refractivity contribution in [3.63, 3.8) is 0 Å². The molecule has 0 radical (unpaired) electrons. The Morgan fingerprint density at radius 1 is 1.13 bits per heavy atom. The van der Waals surface area contributed by atoms with Crippen LogP contribution in [0, 0.1) is 13.8 Å². The number of anilines is 1. The number of hydrogen-bond donors (Lipinski definition) is 1. The van der Waals surface area contributed by atoms with Crippen molar-refractivity contribution in [1.29, 1.82) is 0 Å². The van der Waals surface area contributed by atoms with Gasteiger partial charge in [0.2, 0.25) is 11.8 Å². The second kappa shape index (κ2) is 9.70. The van der Waals surface area contributed by atoms with Crippen LogP contribution in [0.1, 0.15) is 56.3 Å². The average molecular weight is 550 g/mol. The third-order valence-corrected chi connectivity index (χ3v) is 9.67. The molecule has 2 aromatic heterocycles. The normalized spacial score (nSPS) is 19.5. The van der Waals surface area contributed by atoms with Gasteiger partial charge in [0.1, 0.15) is 0 Å². The minimum absolute atomic E-state index is 0.0174. The number of carbonyl (C=O) groups excluding carboxylic acids is 2. The molecule has 6 rings (SSSR count). The molecule has 1 aliphatic carbocycles. The Kier molecular flexibility index (Phi) is 6.44. The zero-order valence-corrected chi connectivity index (χ0v) is 23.7. The zero-order valence-electron chi connectivity index (χ0n) is 23.0. The predicted molar refractivity (Wildman–Crippen MR) is 153 cm³/mol. The molecule has 1 aromatic carbocycles. The number of carbonyl (C=O) groups is 2. The first-order chi connectivity index (χ1) is 18.7. The van der Waals surface area contributed by atoms with Gasteiger partial charge in [-0.05, 0) is 63.7 Å². The van der Waals surface area contributed by atoms with Crippen molar-refractivity contribution in [2.75, 3.05) is 37.6 Å². The van der Waals surface area contributed by atoms with Crippen LogP contribution in [-0.4, -0.2) is 79.9 Å². The van der Waals surface area contributed by atoms with Gasteiger partial charge < -0.3 is 14.7 Å². The summed E-state index contributed by atoms with van der Waals surface area (Å²) in [6, 6.07) is 2.21. The van der Waals surface area contributed by atoms with Gasteiger partial charge in [-0.3, -0.25) is 19.4 Å². The highest BCUT2D eigenvalue weighted by atomic mass is 35.5. The lowest BCUT2D eigenvalue weighted by molar-refractivity contribution is -0.131. The maximum Gasteiger partial charge on any atom is 0.245 e. The van der Waals surface area contributed by atoms with Crippen molar-refractivity contribution in [3.8, 4) is 11.1 Å². The highest BCUT2D eigenvalue weighted by Gasteiger charge is 2.49. The van der Waals surface area contributed by atoms with Crippen LogP contribution in [-0.2, 0) is 9.59 Å². The second-order valence-corrected chi connectivity index (χ2v) is 11.8. The Hall–Kier alpha value is -3.33. The van der Waals surface area contributed by atoms with Gasteiger partial charge >= 0.3 is 0 Å². The van der Waals surface area contributed by atoms with Crippen LogP contribution in [0.4, 0.5) is 5.82 Å². The quantitative estimate of drug-likeness (QED) is 0.479. The molecule has 2 saturated heterocycles. The molecule has 1 spiro atoms. The highest BCUT2D eigenvalue weighted by Crippen LogP contribution is 2.49. The summed E-state index contributed by atoms with van der Waals surface area (Å²) in [6.07, 6.45) is 8.11. The summed E-state index contributed by atoms with van der Waals surface area (Å²) in [4.78, 5) is 30.9. The topological polar surface area (TPSA) is 90.4 Å². The van der Waals surface area contributed by atoms with E-state index in [0.717, 1.165) is 84.3 Å². The number of likely N-dealkylation sites (tertiary alicyclic amines) is 1. The molecule has 3 aliphatic rings. The largest absolute Gasteiger partial charge is 0.345 e. The smallest absolute Gasteiger partial charge is 0.245 e. The van der Waals surface area contributed by atoms with Gasteiger partial charge in [0.25, 0.3) is 0 Å². The van der Waals surface area contributed by atoms with E-state index in [4.69, 9.17) is 16.7 Å². The first kappa shape index (κ1) is 25.9. The van der Waals surface area contributed by atoms with Gasteiger partial charge in [-0.25, -0.2) is 0 Å². The fraction of sp³-hybridized carbons (Fsp3) is 0.517. The van der Waals surface area contributed by atoms with Crippen molar-refractivity contribution >= 4 is 40.1 Å². The number of rotatable bonds is 4. The number of piperidine rings is 1. The lowest BCUT2D eigenvalue weighted by Gasteiger charge is -2.56. The Bertz CT molecular complexity index is 1460. The van der Waals surface area contributed by atoms with E-state index >= 15 is 0 Å². The lowest BCUT2D eigenvalue weighted by atomic mass is 9.73. The molecule has 1 saturated carbocycles. The van der Waals surface area contributed by atoms with Crippen LogP contribution in [0.15, 0.2) is 24.9 Å². The molecule has 3 fully saturated rings. The number of piperazine rings is 1. The van der Waals surface area contributed by atoms with E-state index in [9.17, 15) is 9.59 Å². The Balaban J connectivity index is 1.49. The number of nitrogens with one attached hydrogen (secondary N) is 1. The molecule has 10 heteroatoms. The Morgan fingerprint density at radius 3 is 2.51 bits per heavy atom. The minimum Gasteiger partial charge on any atom is -0.345 e. The van der Waals surface area contributed by atoms with E-state index in [1.54, 1.807) is 6.92 Å². The van der Waals surface area contributed by atoms with E-state index < -0.39 is 0 Å². The number of nitrogens with zero attached hydrogens (tertiary/aromatic N) is 6. The fourth-order valence-electron chi connectivity index (χ4n) is 6.84.